The zero-order valence-electron chi connectivity index (χ0n) is 41.3. The fourth-order valence-corrected chi connectivity index (χ4v) is 11.3. The average Bonchev–Trinajstić information content (AvgIpc) is 4.07. The summed E-state index contributed by atoms with van der Waals surface area (Å²) >= 11 is 0. The monoisotopic (exact) mass is 966 g/mol. The number of aromatic nitrogens is 3. The van der Waals surface area contributed by atoms with Crippen molar-refractivity contribution in [3.05, 3.63) is 290 Å². The first-order valence-corrected chi connectivity index (χ1v) is 25.7. The van der Waals surface area contributed by atoms with Gasteiger partial charge in [0.25, 0.3) is 0 Å². The highest BCUT2D eigenvalue weighted by atomic mass is 15.1. The van der Waals surface area contributed by atoms with Crippen LogP contribution in [-0.2, 0) is 0 Å². The van der Waals surface area contributed by atoms with E-state index in [1.54, 1.807) is 0 Å². The summed E-state index contributed by atoms with van der Waals surface area (Å²) in [6, 6.07) is 99.3. The van der Waals surface area contributed by atoms with E-state index in [1.165, 1.54) is 0 Å². The van der Waals surface area contributed by atoms with Gasteiger partial charge < -0.3 is 9.13 Å². The molecule has 76 heavy (non-hydrogen) atoms. The van der Waals surface area contributed by atoms with Crippen molar-refractivity contribution in [1.82, 2.24) is 14.1 Å². The minimum absolute atomic E-state index is 0.540. The maximum Gasteiger partial charge on any atom is 0.197 e. The largest absolute Gasteiger partial charge is 0.308 e. The summed E-state index contributed by atoms with van der Waals surface area (Å²) in [6.45, 7) is 9.08. The first kappa shape index (κ1) is 44.4. The first-order valence-electron chi connectivity index (χ1n) is 25.7. The first-order chi connectivity index (χ1) is 37.6. The summed E-state index contributed by atoms with van der Waals surface area (Å²) in [7, 11) is 0. The van der Waals surface area contributed by atoms with Crippen LogP contribution in [0.5, 0.6) is 0 Å². The Morgan fingerprint density at radius 3 is 0.855 bits per heavy atom. The fraction of sp³-hybridized carbons (Fsp3) is 0. The highest BCUT2D eigenvalue weighted by Gasteiger charge is 2.24. The lowest BCUT2D eigenvalue weighted by molar-refractivity contribution is 1.10. The van der Waals surface area contributed by atoms with Gasteiger partial charge in [-0.2, -0.15) is 0 Å². The SMILES string of the molecule is [C-]#[N+]c1cc(-n2c3ccc(-c4ccccc4)cc3c3cc(-c4ccccc4)ccc32)c(-n2c3ccc(-c4ccccc4)cc3c3cc(-c4ccccc4)ccc32)cc1-c1cc(-c2ccccc2)nc(-c2ccccc2)c1. The van der Waals surface area contributed by atoms with Gasteiger partial charge in [-0.25, -0.2) is 9.83 Å². The molecule has 0 radical (unpaired) electrons. The van der Waals surface area contributed by atoms with Crippen LogP contribution in [0.15, 0.2) is 279 Å². The molecule has 0 aliphatic rings. The van der Waals surface area contributed by atoms with Crippen molar-refractivity contribution in [2.45, 2.75) is 0 Å². The molecule has 0 fully saturated rings. The van der Waals surface area contributed by atoms with E-state index >= 15 is 0 Å². The van der Waals surface area contributed by atoms with Crippen LogP contribution in [0.1, 0.15) is 0 Å². The Morgan fingerprint density at radius 2 is 0.553 bits per heavy atom. The second-order valence-corrected chi connectivity index (χ2v) is 19.4. The van der Waals surface area contributed by atoms with Crippen molar-refractivity contribution in [2.24, 2.45) is 0 Å². The van der Waals surface area contributed by atoms with Crippen LogP contribution in [0, 0.1) is 6.57 Å². The summed E-state index contributed by atoms with van der Waals surface area (Å²) in [4.78, 5) is 9.71. The summed E-state index contributed by atoms with van der Waals surface area (Å²) < 4.78 is 4.83. The molecule has 11 aromatic carbocycles. The van der Waals surface area contributed by atoms with E-state index in [-0.39, 0.29) is 0 Å². The van der Waals surface area contributed by atoms with E-state index in [4.69, 9.17) is 11.6 Å². The van der Waals surface area contributed by atoms with E-state index in [9.17, 15) is 0 Å². The Balaban J connectivity index is 1.11. The molecule has 0 saturated carbocycles. The van der Waals surface area contributed by atoms with Gasteiger partial charge in [-0.15, -0.1) is 0 Å². The van der Waals surface area contributed by atoms with Gasteiger partial charge in [0.15, 0.2) is 5.69 Å². The number of hydrogen-bond donors (Lipinski definition) is 0. The third kappa shape index (κ3) is 7.74. The minimum atomic E-state index is 0.540. The Bertz CT molecular complexity index is 4280. The molecular weight excluding hydrogens is 921 g/mol. The molecule has 0 spiro atoms. The molecule has 0 bridgehead atoms. The van der Waals surface area contributed by atoms with Gasteiger partial charge in [-0.3, -0.25) is 0 Å². The smallest absolute Gasteiger partial charge is 0.197 e. The Kier molecular flexibility index (Phi) is 10.9. The van der Waals surface area contributed by atoms with E-state index in [0.717, 1.165) is 133 Å². The number of benzene rings is 11. The van der Waals surface area contributed by atoms with Crippen molar-refractivity contribution in [3.8, 4) is 89.5 Å². The van der Waals surface area contributed by atoms with Crippen LogP contribution in [0.25, 0.3) is 138 Å². The Labute approximate surface area is 441 Å². The summed E-state index contributed by atoms with van der Waals surface area (Å²) in [6.07, 6.45) is 0. The highest BCUT2D eigenvalue weighted by molar-refractivity contribution is 6.14. The molecule has 3 aromatic heterocycles. The van der Waals surface area contributed by atoms with Crippen LogP contribution in [0.3, 0.4) is 0 Å². The topological polar surface area (TPSA) is 27.1 Å². The molecule has 0 saturated heterocycles. The zero-order valence-corrected chi connectivity index (χ0v) is 41.3. The van der Waals surface area contributed by atoms with Gasteiger partial charge >= 0.3 is 0 Å². The van der Waals surface area contributed by atoms with E-state index in [1.807, 2.05) is 12.1 Å². The molecule has 0 amide bonds. The van der Waals surface area contributed by atoms with Gasteiger partial charge in [0.2, 0.25) is 0 Å². The fourth-order valence-electron chi connectivity index (χ4n) is 11.3. The van der Waals surface area contributed by atoms with Crippen molar-refractivity contribution in [1.29, 1.82) is 0 Å². The van der Waals surface area contributed by atoms with Gasteiger partial charge in [0, 0.05) is 32.7 Å². The maximum absolute atomic E-state index is 9.08. The number of fused-ring (bicyclic) bond motifs is 6. The van der Waals surface area contributed by atoms with E-state index in [2.05, 4.69) is 281 Å². The predicted molar refractivity (Wildman–Crippen MR) is 317 cm³/mol. The molecular formula is C72H46N4. The maximum atomic E-state index is 9.08. The third-order valence-electron chi connectivity index (χ3n) is 14.9. The molecule has 0 unspecified atom stereocenters. The van der Waals surface area contributed by atoms with Crippen molar-refractivity contribution >= 4 is 49.3 Å². The molecule has 4 heteroatoms. The van der Waals surface area contributed by atoms with Gasteiger partial charge in [-0.1, -0.05) is 206 Å². The average molecular weight is 967 g/mol. The van der Waals surface area contributed by atoms with Crippen molar-refractivity contribution < 1.29 is 0 Å². The molecule has 4 nitrogen and oxygen atoms in total. The predicted octanol–water partition coefficient (Wildman–Crippen LogP) is 19.5. The number of nitrogens with zero attached hydrogens (tertiary/aromatic N) is 4. The third-order valence-corrected chi connectivity index (χ3v) is 14.9. The quantitative estimate of drug-likeness (QED) is 0.132. The lowest BCUT2D eigenvalue weighted by Gasteiger charge is -2.20. The molecule has 0 N–H and O–H groups in total. The lowest BCUT2D eigenvalue weighted by atomic mass is 9.97. The molecule has 0 aliphatic carbocycles. The summed E-state index contributed by atoms with van der Waals surface area (Å²) in [5.74, 6) is 0. The molecule has 14 aromatic rings. The summed E-state index contributed by atoms with van der Waals surface area (Å²) in [5, 5.41) is 4.54. The number of hydrogen-bond acceptors (Lipinski definition) is 1. The van der Waals surface area contributed by atoms with E-state index in [0.29, 0.717) is 5.69 Å². The lowest BCUT2D eigenvalue weighted by Crippen LogP contribution is -2.04. The van der Waals surface area contributed by atoms with Crippen molar-refractivity contribution in [2.75, 3.05) is 0 Å². The highest BCUT2D eigenvalue weighted by Crippen LogP contribution is 2.46. The number of pyridine rings is 1. The molecule has 0 atom stereocenters. The van der Waals surface area contributed by atoms with Gasteiger partial charge in [0.1, 0.15) is 0 Å². The number of rotatable bonds is 9. The van der Waals surface area contributed by atoms with Gasteiger partial charge in [-0.05, 0) is 128 Å². The van der Waals surface area contributed by atoms with Gasteiger partial charge in [0.05, 0.1) is 51.4 Å². The van der Waals surface area contributed by atoms with Crippen molar-refractivity contribution in [3.63, 3.8) is 0 Å². The van der Waals surface area contributed by atoms with Crippen LogP contribution in [-0.4, -0.2) is 14.1 Å². The van der Waals surface area contributed by atoms with Crippen LogP contribution >= 0.6 is 0 Å². The molecule has 3 heterocycles. The van der Waals surface area contributed by atoms with Crippen LogP contribution in [0.4, 0.5) is 5.69 Å². The Morgan fingerprint density at radius 1 is 0.263 bits per heavy atom. The molecule has 0 aliphatic heterocycles. The normalized spacial score (nSPS) is 11.4. The molecule has 14 rings (SSSR count). The Hall–Kier alpha value is -10.3. The zero-order chi connectivity index (χ0) is 50.5. The standard InChI is InChI=1S/C72H46N4/c1-73-66-47-72(76-69-38-34-56(50-24-12-4-13-25-50)42-62(69)63-43-57(35-39-70(63)76)51-26-14-5-15-27-51)71(46-59(66)58-44-64(52-28-16-6-17-29-52)74-65(45-58)53-30-18-7-19-31-53)75-67-36-32-54(48-20-8-2-9-21-48)40-60(67)61-41-55(33-37-68(61)75)49-22-10-3-11-23-49/h2-47H. The van der Waals surface area contributed by atoms with Crippen LogP contribution in [0.2, 0.25) is 0 Å². The van der Waals surface area contributed by atoms with E-state index < -0.39 is 0 Å². The second kappa shape index (κ2) is 18.6. The summed E-state index contributed by atoms with van der Waals surface area (Å²) in [5.41, 5.74) is 21.2. The minimum Gasteiger partial charge on any atom is -0.308 e. The van der Waals surface area contributed by atoms with Crippen LogP contribution < -0.4 is 0 Å². The second-order valence-electron chi connectivity index (χ2n) is 19.4. The molecule has 354 valence electrons.